The van der Waals surface area contributed by atoms with E-state index in [2.05, 4.69) is 11.8 Å². The van der Waals surface area contributed by atoms with Crippen molar-refractivity contribution in [1.82, 2.24) is 4.90 Å². The molecule has 1 aliphatic heterocycles. The molecule has 0 aromatic carbocycles. The van der Waals surface area contributed by atoms with E-state index in [1.807, 2.05) is 0 Å². The van der Waals surface area contributed by atoms with Gasteiger partial charge in [-0.2, -0.15) is 0 Å². The molecule has 2 heteroatoms. The van der Waals surface area contributed by atoms with Gasteiger partial charge >= 0.3 is 0 Å². The van der Waals surface area contributed by atoms with Gasteiger partial charge in [0, 0.05) is 12.1 Å². The Morgan fingerprint density at radius 3 is 2.05 bits per heavy atom. The molecule has 0 unspecified atom stereocenters. The van der Waals surface area contributed by atoms with Gasteiger partial charge in [-0.3, -0.25) is 4.90 Å². The van der Waals surface area contributed by atoms with E-state index >= 15 is 0 Å². The summed E-state index contributed by atoms with van der Waals surface area (Å²) < 4.78 is 0. The number of piperidine rings is 1. The van der Waals surface area contributed by atoms with E-state index in [0.717, 1.165) is 17.9 Å². The van der Waals surface area contributed by atoms with Crippen LogP contribution in [0.15, 0.2) is 0 Å². The van der Waals surface area contributed by atoms with Gasteiger partial charge in [-0.1, -0.05) is 19.8 Å². The smallest absolute Gasteiger partial charge is 0.0332 e. The largest absolute Gasteiger partial charge is 0.329 e. The van der Waals surface area contributed by atoms with Crippen LogP contribution in [-0.4, -0.2) is 30.1 Å². The van der Waals surface area contributed by atoms with Crippen LogP contribution in [0.25, 0.3) is 0 Å². The molecule has 0 aromatic rings. The Labute approximate surface area is 119 Å². The molecule has 1 heterocycles. The Balaban J connectivity index is 1.64. The van der Waals surface area contributed by atoms with Crippen LogP contribution in [0, 0.1) is 11.3 Å². The first-order chi connectivity index (χ1) is 9.18. The minimum atomic E-state index is 0.369. The summed E-state index contributed by atoms with van der Waals surface area (Å²) in [4.78, 5) is 2.77. The van der Waals surface area contributed by atoms with E-state index < -0.39 is 0 Å². The molecule has 0 atom stereocenters. The van der Waals surface area contributed by atoms with Crippen molar-refractivity contribution in [3.63, 3.8) is 0 Å². The van der Waals surface area contributed by atoms with Crippen molar-refractivity contribution in [2.24, 2.45) is 17.1 Å². The molecule has 0 aromatic heterocycles. The SMILES string of the molecule is CC1CCN(C2(CN)CCC3(CCCC3)CC2)CC1. The van der Waals surface area contributed by atoms with Gasteiger partial charge in [-0.05, 0) is 75.8 Å². The lowest BCUT2D eigenvalue weighted by atomic mass is 9.65. The first-order valence-electron chi connectivity index (χ1n) is 8.63. The summed E-state index contributed by atoms with van der Waals surface area (Å²) in [6.45, 7) is 5.88. The average molecular weight is 264 g/mol. The zero-order valence-electron chi connectivity index (χ0n) is 12.8. The lowest BCUT2D eigenvalue weighted by molar-refractivity contribution is -0.00468. The van der Waals surface area contributed by atoms with Crippen molar-refractivity contribution >= 4 is 0 Å². The molecule has 0 radical (unpaired) electrons. The summed E-state index contributed by atoms with van der Waals surface area (Å²) in [6.07, 6.45) is 14.4. The maximum absolute atomic E-state index is 6.25. The Bertz CT molecular complexity index is 288. The number of nitrogens with zero attached hydrogens (tertiary/aromatic N) is 1. The minimum Gasteiger partial charge on any atom is -0.329 e. The van der Waals surface area contributed by atoms with Gasteiger partial charge in [0.2, 0.25) is 0 Å². The number of nitrogens with two attached hydrogens (primary N) is 1. The summed E-state index contributed by atoms with van der Waals surface area (Å²) in [6, 6.07) is 0. The number of hydrogen-bond donors (Lipinski definition) is 1. The van der Waals surface area contributed by atoms with Gasteiger partial charge in [0.05, 0.1) is 0 Å². The fourth-order valence-corrected chi connectivity index (χ4v) is 5.00. The molecule has 19 heavy (non-hydrogen) atoms. The van der Waals surface area contributed by atoms with E-state index in [1.165, 1.54) is 77.3 Å². The average Bonchev–Trinajstić information content (AvgIpc) is 2.90. The topological polar surface area (TPSA) is 29.3 Å². The molecule has 1 spiro atoms. The van der Waals surface area contributed by atoms with E-state index in [0.29, 0.717) is 5.54 Å². The highest BCUT2D eigenvalue weighted by Gasteiger charge is 2.46. The molecule has 3 aliphatic rings. The molecular weight excluding hydrogens is 232 g/mol. The van der Waals surface area contributed by atoms with Crippen molar-refractivity contribution in [1.29, 1.82) is 0 Å². The van der Waals surface area contributed by atoms with Crippen LogP contribution >= 0.6 is 0 Å². The third kappa shape index (κ3) is 2.58. The quantitative estimate of drug-likeness (QED) is 0.826. The number of hydrogen-bond acceptors (Lipinski definition) is 2. The lowest BCUT2D eigenvalue weighted by Gasteiger charge is -2.52. The Kier molecular flexibility index (Phi) is 3.92. The van der Waals surface area contributed by atoms with E-state index in [4.69, 9.17) is 5.73 Å². The van der Waals surface area contributed by atoms with Gasteiger partial charge < -0.3 is 5.73 Å². The minimum absolute atomic E-state index is 0.369. The van der Waals surface area contributed by atoms with Gasteiger partial charge in [-0.15, -0.1) is 0 Å². The molecule has 110 valence electrons. The fourth-order valence-electron chi connectivity index (χ4n) is 5.00. The summed E-state index contributed by atoms with van der Waals surface area (Å²) in [5.41, 5.74) is 7.36. The van der Waals surface area contributed by atoms with Crippen molar-refractivity contribution < 1.29 is 0 Å². The van der Waals surface area contributed by atoms with E-state index in [1.54, 1.807) is 0 Å². The van der Waals surface area contributed by atoms with Crippen LogP contribution < -0.4 is 5.73 Å². The normalized spacial score (nSPS) is 31.9. The molecule has 0 amide bonds. The fraction of sp³-hybridized carbons (Fsp3) is 1.00. The highest BCUT2D eigenvalue weighted by Crippen LogP contribution is 2.52. The van der Waals surface area contributed by atoms with Crippen LogP contribution in [-0.2, 0) is 0 Å². The van der Waals surface area contributed by atoms with Crippen LogP contribution in [0.5, 0.6) is 0 Å². The Hall–Kier alpha value is -0.0800. The van der Waals surface area contributed by atoms with Gasteiger partial charge in [0.25, 0.3) is 0 Å². The zero-order chi connectivity index (χ0) is 13.3. The maximum atomic E-state index is 6.25. The molecule has 1 saturated heterocycles. The van der Waals surface area contributed by atoms with Crippen molar-refractivity contribution in [3.05, 3.63) is 0 Å². The molecular formula is C17H32N2. The summed E-state index contributed by atoms with van der Waals surface area (Å²) in [5, 5.41) is 0. The summed E-state index contributed by atoms with van der Waals surface area (Å²) in [5.74, 6) is 0.927. The second-order valence-corrected chi connectivity index (χ2v) is 7.81. The standard InChI is InChI=1S/C17H32N2/c1-15-4-12-19(13-5-15)17(14-18)10-8-16(9-11-17)6-2-3-7-16/h15H,2-14,18H2,1H3. The van der Waals surface area contributed by atoms with Gasteiger partial charge in [0.1, 0.15) is 0 Å². The lowest BCUT2D eigenvalue weighted by Crippen LogP contribution is -2.58. The predicted molar refractivity (Wildman–Crippen MR) is 81.1 cm³/mol. The van der Waals surface area contributed by atoms with Gasteiger partial charge in [0.15, 0.2) is 0 Å². The molecule has 2 saturated carbocycles. The van der Waals surface area contributed by atoms with Crippen molar-refractivity contribution in [2.75, 3.05) is 19.6 Å². The van der Waals surface area contributed by atoms with E-state index in [9.17, 15) is 0 Å². The molecule has 0 bridgehead atoms. The molecule has 3 fully saturated rings. The number of rotatable bonds is 2. The second kappa shape index (κ2) is 5.37. The third-order valence-corrected chi connectivity index (χ3v) is 6.74. The Morgan fingerprint density at radius 1 is 0.947 bits per heavy atom. The van der Waals surface area contributed by atoms with Crippen molar-refractivity contribution in [3.8, 4) is 0 Å². The third-order valence-electron chi connectivity index (χ3n) is 6.74. The maximum Gasteiger partial charge on any atom is 0.0332 e. The van der Waals surface area contributed by atoms with Crippen LogP contribution in [0.2, 0.25) is 0 Å². The first-order valence-corrected chi connectivity index (χ1v) is 8.63. The highest BCUT2D eigenvalue weighted by atomic mass is 15.2. The molecule has 2 N–H and O–H groups in total. The van der Waals surface area contributed by atoms with Crippen molar-refractivity contribution in [2.45, 2.75) is 76.7 Å². The van der Waals surface area contributed by atoms with Crippen LogP contribution in [0.4, 0.5) is 0 Å². The zero-order valence-corrected chi connectivity index (χ0v) is 12.8. The van der Waals surface area contributed by atoms with Gasteiger partial charge in [-0.25, -0.2) is 0 Å². The summed E-state index contributed by atoms with van der Waals surface area (Å²) >= 11 is 0. The van der Waals surface area contributed by atoms with Crippen LogP contribution in [0.3, 0.4) is 0 Å². The molecule has 2 aliphatic carbocycles. The predicted octanol–water partition coefficient (Wildman–Crippen LogP) is 3.55. The summed E-state index contributed by atoms with van der Waals surface area (Å²) in [7, 11) is 0. The monoisotopic (exact) mass is 264 g/mol. The van der Waals surface area contributed by atoms with E-state index in [-0.39, 0.29) is 0 Å². The van der Waals surface area contributed by atoms with Crippen LogP contribution in [0.1, 0.15) is 71.1 Å². The number of likely N-dealkylation sites (tertiary alicyclic amines) is 1. The second-order valence-electron chi connectivity index (χ2n) is 7.81. The molecule has 3 rings (SSSR count). The Morgan fingerprint density at radius 2 is 1.53 bits per heavy atom. The first kappa shape index (κ1) is 13.9. The highest BCUT2D eigenvalue weighted by molar-refractivity contribution is 5.02. The molecule has 2 nitrogen and oxygen atoms in total.